The Morgan fingerprint density at radius 1 is 1.00 bits per heavy atom. The van der Waals surface area contributed by atoms with Gasteiger partial charge in [-0.1, -0.05) is 24.3 Å². The Kier molecular flexibility index (Phi) is 6.65. The number of rotatable bonds is 6. The number of aromatic nitrogens is 1. The average Bonchev–Trinajstić information content (AvgIpc) is 2.79. The SMILES string of the molecule is C/C=C/S(=O)Nc1ccc(Oc2c(C)cc(F)cc2C)c(-c2cn(C)c(=O)c3ccccc23)c1. The van der Waals surface area contributed by atoms with E-state index < -0.39 is 11.0 Å². The van der Waals surface area contributed by atoms with E-state index in [0.717, 1.165) is 10.9 Å². The zero-order valence-electron chi connectivity index (χ0n) is 19.4. The monoisotopic (exact) mass is 476 g/mol. The zero-order valence-corrected chi connectivity index (χ0v) is 20.2. The molecule has 3 aromatic carbocycles. The predicted octanol–water partition coefficient (Wildman–Crippen LogP) is 6.36. The van der Waals surface area contributed by atoms with Crippen molar-refractivity contribution in [1.82, 2.24) is 4.57 Å². The summed E-state index contributed by atoms with van der Waals surface area (Å²) < 4.78 is 37.0. The molecule has 1 atom stereocenters. The highest BCUT2D eigenvalue weighted by Gasteiger charge is 2.17. The summed E-state index contributed by atoms with van der Waals surface area (Å²) in [5.41, 5.74) is 3.36. The molecule has 7 heteroatoms. The summed E-state index contributed by atoms with van der Waals surface area (Å²) in [6.45, 7) is 5.39. The second kappa shape index (κ2) is 9.65. The van der Waals surface area contributed by atoms with E-state index in [-0.39, 0.29) is 11.4 Å². The van der Waals surface area contributed by atoms with Gasteiger partial charge in [0.2, 0.25) is 0 Å². The van der Waals surface area contributed by atoms with E-state index in [1.807, 2.05) is 24.3 Å². The predicted molar refractivity (Wildman–Crippen MR) is 137 cm³/mol. The summed E-state index contributed by atoms with van der Waals surface area (Å²) in [4.78, 5) is 12.7. The third kappa shape index (κ3) is 4.65. The summed E-state index contributed by atoms with van der Waals surface area (Å²) in [5.74, 6) is 0.775. The van der Waals surface area contributed by atoms with Crippen molar-refractivity contribution < 1.29 is 13.3 Å². The number of halogens is 1. The van der Waals surface area contributed by atoms with Gasteiger partial charge in [0.1, 0.15) is 28.3 Å². The highest BCUT2D eigenvalue weighted by Crippen LogP contribution is 2.40. The molecule has 4 rings (SSSR count). The average molecular weight is 477 g/mol. The molecule has 1 unspecified atom stereocenters. The zero-order chi connectivity index (χ0) is 24.4. The molecule has 5 nitrogen and oxygen atoms in total. The van der Waals surface area contributed by atoms with Crippen LogP contribution in [0.5, 0.6) is 11.5 Å². The smallest absolute Gasteiger partial charge is 0.258 e. The maximum Gasteiger partial charge on any atom is 0.258 e. The molecule has 0 aliphatic heterocycles. The Bertz CT molecular complexity index is 1490. The van der Waals surface area contributed by atoms with Crippen LogP contribution < -0.4 is 15.0 Å². The lowest BCUT2D eigenvalue weighted by Crippen LogP contribution is -2.16. The van der Waals surface area contributed by atoms with Gasteiger partial charge in [-0.25, -0.2) is 8.60 Å². The third-order valence-electron chi connectivity index (χ3n) is 5.48. The molecular formula is C27H25FN2O3S. The molecule has 0 saturated heterocycles. The van der Waals surface area contributed by atoms with Gasteiger partial charge >= 0.3 is 0 Å². The number of hydrogen-bond acceptors (Lipinski definition) is 3. The van der Waals surface area contributed by atoms with Crippen molar-refractivity contribution in [3.05, 3.63) is 99.6 Å². The standard InChI is InChI=1S/C27H25FN2O3S/c1-5-12-34(32)29-20-10-11-25(33-26-17(2)13-19(28)14-18(26)3)23(15-20)24-16-30(4)27(31)22-9-7-6-8-21(22)24/h5-16,29H,1-4H3/b12-5+. The summed E-state index contributed by atoms with van der Waals surface area (Å²) in [6, 6.07) is 15.7. The number of allylic oxidation sites excluding steroid dienone is 1. The van der Waals surface area contributed by atoms with Crippen molar-refractivity contribution in [2.24, 2.45) is 7.05 Å². The molecule has 0 saturated carbocycles. The molecule has 174 valence electrons. The molecule has 0 bridgehead atoms. The third-order valence-corrected chi connectivity index (χ3v) is 6.43. The summed E-state index contributed by atoms with van der Waals surface area (Å²) in [7, 11) is 0.311. The summed E-state index contributed by atoms with van der Waals surface area (Å²) in [5, 5.41) is 2.91. The Morgan fingerprint density at radius 2 is 1.68 bits per heavy atom. The van der Waals surface area contributed by atoms with Gasteiger partial charge < -0.3 is 14.0 Å². The van der Waals surface area contributed by atoms with E-state index in [4.69, 9.17) is 4.74 Å². The van der Waals surface area contributed by atoms with Crippen LogP contribution in [0.1, 0.15) is 18.1 Å². The van der Waals surface area contributed by atoms with Crippen molar-refractivity contribution >= 4 is 27.4 Å². The minimum absolute atomic E-state index is 0.101. The van der Waals surface area contributed by atoms with Gasteiger partial charge in [0.15, 0.2) is 0 Å². The first kappa shape index (κ1) is 23.4. The van der Waals surface area contributed by atoms with Gasteiger partial charge in [-0.3, -0.25) is 4.79 Å². The lowest BCUT2D eigenvalue weighted by Gasteiger charge is -2.18. The van der Waals surface area contributed by atoms with Crippen molar-refractivity contribution in [2.45, 2.75) is 20.8 Å². The minimum atomic E-state index is -1.39. The van der Waals surface area contributed by atoms with Crippen LogP contribution in [0.4, 0.5) is 10.1 Å². The van der Waals surface area contributed by atoms with Crippen LogP contribution in [0, 0.1) is 19.7 Å². The minimum Gasteiger partial charge on any atom is -0.456 e. The Balaban J connectivity index is 1.94. The number of benzene rings is 3. The fraction of sp³-hybridized carbons (Fsp3) is 0.148. The van der Waals surface area contributed by atoms with E-state index in [1.54, 1.807) is 63.7 Å². The lowest BCUT2D eigenvalue weighted by atomic mass is 9.99. The molecule has 0 aliphatic carbocycles. The number of nitrogens with zero attached hydrogens (tertiary/aromatic N) is 1. The van der Waals surface area contributed by atoms with E-state index in [2.05, 4.69) is 4.72 Å². The first-order valence-corrected chi connectivity index (χ1v) is 12.0. The lowest BCUT2D eigenvalue weighted by molar-refractivity contribution is 0.474. The normalized spacial score (nSPS) is 12.3. The number of aryl methyl sites for hydroxylation is 3. The number of hydrogen-bond donors (Lipinski definition) is 1. The molecule has 1 aromatic heterocycles. The van der Waals surface area contributed by atoms with Crippen LogP contribution in [0.3, 0.4) is 0 Å². The maximum absolute atomic E-state index is 13.9. The molecule has 0 spiro atoms. The van der Waals surface area contributed by atoms with Crippen molar-refractivity contribution in [3.63, 3.8) is 0 Å². The first-order valence-electron chi connectivity index (χ1n) is 10.8. The quantitative estimate of drug-likeness (QED) is 0.352. The largest absolute Gasteiger partial charge is 0.456 e. The van der Waals surface area contributed by atoms with Crippen LogP contribution in [0.15, 0.2) is 77.1 Å². The highest BCUT2D eigenvalue weighted by atomic mass is 32.2. The first-order chi connectivity index (χ1) is 16.3. The molecule has 1 heterocycles. The van der Waals surface area contributed by atoms with Crippen LogP contribution in [0.25, 0.3) is 21.9 Å². The van der Waals surface area contributed by atoms with E-state index in [0.29, 0.717) is 39.3 Å². The van der Waals surface area contributed by atoms with Gasteiger partial charge in [-0.05, 0) is 73.7 Å². The van der Waals surface area contributed by atoms with Crippen LogP contribution >= 0.6 is 0 Å². The fourth-order valence-electron chi connectivity index (χ4n) is 3.97. The molecule has 34 heavy (non-hydrogen) atoms. The Labute approximate surface area is 200 Å². The number of fused-ring (bicyclic) bond motifs is 1. The van der Waals surface area contributed by atoms with Crippen LogP contribution in [-0.4, -0.2) is 8.78 Å². The molecule has 0 aliphatic rings. The molecule has 0 amide bonds. The second-order valence-electron chi connectivity index (χ2n) is 8.06. The van der Waals surface area contributed by atoms with Gasteiger partial charge in [-0.2, -0.15) is 0 Å². The highest BCUT2D eigenvalue weighted by molar-refractivity contribution is 7.89. The molecule has 4 aromatic rings. The van der Waals surface area contributed by atoms with Crippen molar-refractivity contribution in [1.29, 1.82) is 0 Å². The van der Waals surface area contributed by atoms with Gasteiger partial charge in [0, 0.05) is 40.9 Å². The van der Waals surface area contributed by atoms with Gasteiger partial charge in [-0.15, -0.1) is 0 Å². The Hall–Kier alpha value is -3.71. The molecular weight excluding hydrogens is 451 g/mol. The van der Waals surface area contributed by atoms with Gasteiger partial charge in [0.05, 0.1) is 0 Å². The number of nitrogens with one attached hydrogen (secondary N) is 1. The van der Waals surface area contributed by atoms with E-state index in [1.165, 1.54) is 16.7 Å². The molecule has 0 fully saturated rings. The van der Waals surface area contributed by atoms with E-state index >= 15 is 0 Å². The maximum atomic E-state index is 13.9. The topological polar surface area (TPSA) is 60.3 Å². The second-order valence-corrected chi connectivity index (χ2v) is 9.13. The van der Waals surface area contributed by atoms with Crippen molar-refractivity contribution in [3.8, 4) is 22.6 Å². The number of ether oxygens (including phenoxy) is 1. The van der Waals surface area contributed by atoms with Crippen LogP contribution in [0.2, 0.25) is 0 Å². The molecule has 1 N–H and O–H groups in total. The molecule has 0 radical (unpaired) electrons. The fourth-order valence-corrected chi connectivity index (χ4v) is 4.64. The number of pyridine rings is 1. The Morgan fingerprint density at radius 3 is 2.35 bits per heavy atom. The number of anilines is 1. The van der Waals surface area contributed by atoms with E-state index in [9.17, 15) is 13.4 Å². The van der Waals surface area contributed by atoms with Crippen LogP contribution in [-0.2, 0) is 18.0 Å². The van der Waals surface area contributed by atoms with Crippen molar-refractivity contribution in [2.75, 3.05) is 4.72 Å². The summed E-state index contributed by atoms with van der Waals surface area (Å²) >= 11 is 0. The van der Waals surface area contributed by atoms with Gasteiger partial charge in [0.25, 0.3) is 5.56 Å². The summed E-state index contributed by atoms with van der Waals surface area (Å²) in [6.07, 6.45) is 3.48.